The molecule has 2 amide bonds. The van der Waals surface area contributed by atoms with Gasteiger partial charge in [0.05, 0.1) is 12.8 Å². The van der Waals surface area contributed by atoms with E-state index in [2.05, 4.69) is 15.8 Å². The summed E-state index contributed by atoms with van der Waals surface area (Å²) in [6.45, 7) is -0.324. The highest BCUT2D eigenvalue weighted by Gasteiger charge is 2.07. The molecule has 0 atom stereocenters. The summed E-state index contributed by atoms with van der Waals surface area (Å²) < 4.78 is 12.8. The minimum absolute atomic E-state index is 0.0998. The molecule has 2 aromatic rings. The molecular weight excluding hydrogens is 317 g/mol. The van der Waals surface area contributed by atoms with Crippen LogP contribution in [0.5, 0.6) is 11.5 Å². The summed E-state index contributed by atoms with van der Waals surface area (Å²) in [6.07, 6.45) is 1.19. The molecule has 124 valence electrons. The quantitative estimate of drug-likeness (QED) is 0.486. The van der Waals surface area contributed by atoms with Crippen molar-refractivity contribution in [2.75, 3.05) is 6.54 Å². The van der Waals surface area contributed by atoms with Crippen LogP contribution in [0.25, 0.3) is 0 Å². The molecule has 4 N–H and O–H groups in total. The van der Waals surface area contributed by atoms with Crippen LogP contribution in [-0.4, -0.2) is 34.8 Å². The van der Waals surface area contributed by atoms with E-state index in [9.17, 15) is 19.1 Å². The van der Waals surface area contributed by atoms with Crippen LogP contribution < -0.4 is 10.7 Å². The predicted molar refractivity (Wildman–Crippen MR) is 84.2 cm³/mol. The van der Waals surface area contributed by atoms with Crippen molar-refractivity contribution >= 4 is 18.0 Å². The van der Waals surface area contributed by atoms with E-state index in [4.69, 9.17) is 5.11 Å². The maximum Gasteiger partial charge on any atom is 0.259 e. The van der Waals surface area contributed by atoms with Gasteiger partial charge in [0, 0.05) is 17.2 Å². The third-order valence-corrected chi connectivity index (χ3v) is 2.92. The summed E-state index contributed by atoms with van der Waals surface area (Å²) >= 11 is 0. The van der Waals surface area contributed by atoms with Gasteiger partial charge >= 0.3 is 0 Å². The van der Waals surface area contributed by atoms with E-state index in [0.29, 0.717) is 5.56 Å². The predicted octanol–water partition coefficient (Wildman–Crippen LogP) is 1.12. The van der Waals surface area contributed by atoms with Crippen molar-refractivity contribution in [3.8, 4) is 11.5 Å². The van der Waals surface area contributed by atoms with Crippen molar-refractivity contribution in [2.45, 2.75) is 0 Å². The number of hydrogen-bond donors (Lipinski definition) is 4. The van der Waals surface area contributed by atoms with E-state index in [0.717, 1.165) is 18.2 Å². The Labute approximate surface area is 136 Å². The number of halogens is 1. The van der Waals surface area contributed by atoms with Crippen LogP contribution in [0, 0.1) is 5.82 Å². The summed E-state index contributed by atoms with van der Waals surface area (Å²) in [6, 6.07) is 8.78. The summed E-state index contributed by atoms with van der Waals surface area (Å²) in [5.74, 6) is -1.86. The van der Waals surface area contributed by atoms with E-state index < -0.39 is 17.6 Å². The number of carbonyl (C=O) groups is 2. The van der Waals surface area contributed by atoms with Gasteiger partial charge in [-0.1, -0.05) is 0 Å². The van der Waals surface area contributed by atoms with Crippen molar-refractivity contribution in [1.29, 1.82) is 0 Å². The van der Waals surface area contributed by atoms with Crippen molar-refractivity contribution in [2.24, 2.45) is 5.10 Å². The van der Waals surface area contributed by atoms with Crippen LogP contribution in [0.15, 0.2) is 47.6 Å². The van der Waals surface area contributed by atoms with Crippen LogP contribution in [0.4, 0.5) is 4.39 Å². The van der Waals surface area contributed by atoms with E-state index in [1.807, 2.05) is 0 Å². The Morgan fingerprint density at radius 2 is 1.83 bits per heavy atom. The topological polar surface area (TPSA) is 111 Å². The van der Waals surface area contributed by atoms with E-state index in [1.165, 1.54) is 30.5 Å². The minimum atomic E-state index is -0.583. The van der Waals surface area contributed by atoms with Gasteiger partial charge in [-0.05, 0) is 36.4 Å². The van der Waals surface area contributed by atoms with Gasteiger partial charge in [0.15, 0.2) is 0 Å². The van der Waals surface area contributed by atoms with Crippen LogP contribution in [0.3, 0.4) is 0 Å². The molecule has 0 radical (unpaired) electrons. The number of rotatable bonds is 5. The first-order valence-electron chi connectivity index (χ1n) is 6.83. The molecule has 0 spiro atoms. The Morgan fingerprint density at radius 3 is 2.50 bits per heavy atom. The highest BCUT2D eigenvalue weighted by molar-refractivity contribution is 5.96. The standard InChI is InChI=1S/C16H14FN3O4/c17-12-4-1-10(2-5-12)16(24)18-9-15(23)20-19-8-11-3-6-13(21)7-14(11)22/h1-8,21-22H,9H2,(H,18,24)(H,20,23). The molecule has 0 unspecified atom stereocenters. The average Bonchev–Trinajstić information content (AvgIpc) is 2.55. The SMILES string of the molecule is O=C(CNC(=O)c1ccc(F)cc1)NN=Cc1ccc(O)cc1O. The Bertz CT molecular complexity index is 775. The zero-order chi connectivity index (χ0) is 17.5. The highest BCUT2D eigenvalue weighted by atomic mass is 19.1. The first-order valence-corrected chi connectivity index (χ1v) is 6.83. The molecule has 0 saturated carbocycles. The summed E-state index contributed by atoms with van der Waals surface area (Å²) in [5, 5.41) is 24.7. The van der Waals surface area contributed by atoms with Crippen molar-refractivity contribution in [3.63, 3.8) is 0 Å². The second kappa shape index (κ2) is 7.73. The van der Waals surface area contributed by atoms with Gasteiger partial charge in [0.2, 0.25) is 0 Å². The normalized spacial score (nSPS) is 10.5. The number of nitrogens with one attached hydrogen (secondary N) is 2. The van der Waals surface area contributed by atoms with Gasteiger partial charge in [-0.2, -0.15) is 5.10 Å². The molecule has 0 aliphatic heterocycles. The maximum absolute atomic E-state index is 12.8. The Morgan fingerprint density at radius 1 is 1.12 bits per heavy atom. The zero-order valence-corrected chi connectivity index (χ0v) is 12.4. The van der Waals surface area contributed by atoms with Crippen LogP contribution in [0.2, 0.25) is 0 Å². The van der Waals surface area contributed by atoms with Crippen molar-refractivity contribution < 1.29 is 24.2 Å². The molecule has 0 aromatic heterocycles. The molecule has 24 heavy (non-hydrogen) atoms. The molecule has 8 heteroatoms. The van der Waals surface area contributed by atoms with Gasteiger partial charge in [-0.3, -0.25) is 9.59 Å². The van der Waals surface area contributed by atoms with Crippen LogP contribution >= 0.6 is 0 Å². The summed E-state index contributed by atoms with van der Waals surface area (Å²) in [7, 11) is 0. The molecule has 0 saturated heterocycles. The Hall–Kier alpha value is -3.42. The first-order chi connectivity index (χ1) is 11.5. The second-order valence-corrected chi connectivity index (χ2v) is 4.73. The molecule has 0 bridgehead atoms. The molecular formula is C16H14FN3O4. The number of hydrogen-bond acceptors (Lipinski definition) is 5. The fraction of sp³-hybridized carbons (Fsp3) is 0.0625. The Kier molecular flexibility index (Phi) is 5.45. The first kappa shape index (κ1) is 16.9. The number of hydrazone groups is 1. The van der Waals surface area contributed by atoms with Gasteiger partial charge in [-0.25, -0.2) is 9.82 Å². The number of benzene rings is 2. The van der Waals surface area contributed by atoms with E-state index in [1.54, 1.807) is 0 Å². The summed E-state index contributed by atoms with van der Waals surface area (Å²) in [5.41, 5.74) is 2.69. The maximum atomic E-state index is 12.8. The number of amides is 2. The highest BCUT2D eigenvalue weighted by Crippen LogP contribution is 2.20. The van der Waals surface area contributed by atoms with Gasteiger partial charge in [0.25, 0.3) is 11.8 Å². The molecule has 7 nitrogen and oxygen atoms in total. The average molecular weight is 331 g/mol. The van der Waals surface area contributed by atoms with Gasteiger partial charge in [-0.15, -0.1) is 0 Å². The van der Waals surface area contributed by atoms with E-state index in [-0.39, 0.29) is 23.6 Å². The number of nitrogens with zero attached hydrogens (tertiary/aromatic N) is 1. The third kappa shape index (κ3) is 4.80. The van der Waals surface area contributed by atoms with E-state index >= 15 is 0 Å². The van der Waals surface area contributed by atoms with Crippen LogP contribution in [-0.2, 0) is 4.79 Å². The largest absolute Gasteiger partial charge is 0.508 e. The van der Waals surface area contributed by atoms with Crippen molar-refractivity contribution in [3.05, 3.63) is 59.4 Å². The minimum Gasteiger partial charge on any atom is -0.508 e. The smallest absolute Gasteiger partial charge is 0.259 e. The molecule has 0 aliphatic carbocycles. The third-order valence-electron chi connectivity index (χ3n) is 2.92. The fourth-order valence-corrected chi connectivity index (χ4v) is 1.72. The lowest BCUT2D eigenvalue weighted by molar-refractivity contribution is -0.120. The Balaban J connectivity index is 1.81. The zero-order valence-electron chi connectivity index (χ0n) is 12.4. The van der Waals surface area contributed by atoms with Gasteiger partial charge in [0.1, 0.15) is 17.3 Å². The monoisotopic (exact) mass is 331 g/mol. The molecule has 2 rings (SSSR count). The second-order valence-electron chi connectivity index (χ2n) is 4.73. The fourth-order valence-electron chi connectivity index (χ4n) is 1.72. The molecule has 0 fully saturated rings. The lowest BCUT2D eigenvalue weighted by atomic mass is 10.2. The van der Waals surface area contributed by atoms with Gasteiger partial charge < -0.3 is 15.5 Å². The number of phenols is 2. The lowest BCUT2D eigenvalue weighted by Crippen LogP contribution is -2.34. The molecule has 2 aromatic carbocycles. The number of aromatic hydroxyl groups is 2. The molecule has 0 aliphatic rings. The lowest BCUT2D eigenvalue weighted by Gasteiger charge is -2.04. The number of phenolic OH excluding ortho intramolecular Hbond substituents is 2. The molecule has 0 heterocycles. The summed E-state index contributed by atoms with van der Waals surface area (Å²) in [4.78, 5) is 23.3. The number of carbonyl (C=O) groups excluding carboxylic acids is 2. The van der Waals surface area contributed by atoms with Crippen LogP contribution in [0.1, 0.15) is 15.9 Å². The van der Waals surface area contributed by atoms with Crippen molar-refractivity contribution in [1.82, 2.24) is 10.7 Å².